The molecule has 1 amide bonds. The number of carbonyl (C=O) groups excluding carboxylic acids is 1. The van der Waals surface area contributed by atoms with Gasteiger partial charge in [0.2, 0.25) is 0 Å². The first-order chi connectivity index (χ1) is 14.5. The number of rotatable bonds is 5. The first-order valence-corrected chi connectivity index (χ1v) is 9.52. The summed E-state index contributed by atoms with van der Waals surface area (Å²) in [5.41, 5.74) is 3.26. The molecule has 7 heteroatoms. The number of amides is 1. The fraction of sp³-hybridized carbons (Fsp3) is 0.0435. The molecule has 4 rings (SSSR count). The summed E-state index contributed by atoms with van der Waals surface area (Å²) in [5.74, 6) is -1.62. The van der Waals surface area contributed by atoms with Gasteiger partial charge in [0.1, 0.15) is 0 Å². The SMILES string of the molecule is O=C(Nc1cc(Cl)c(C2=CCN=N2)cc1C(=O)O)c1cccc(-c2ccccc2)c1. The van der Waals surface area contributed by atoms with E-state index < -0.39 is 11.9 Å². The molecule has 1 aliphatic heterocycles. The Balaban J connectivity index is 1.66. The lowest BCUT2D eigenvalue weighted by Crippen LogP contribution is -2.15. The highest BCUT2D eigenvalue weighted by atomic mass is 35.5. The second kappa shape index (κ2) is 8.31. The maximum absolute atomic E-state index is 12.8. The predicted octanol–water partition coefficient (Wildman–Crippen LogP) is 5.76. The molecule has 3 aromatic rings. The Morgan fingerprint density at radius 3 is 2.43 bits per heavy atom. The van der Waals surface area contributed by atoms with Gasteiger partial charge in [0, 0.05) is 11.1 Å². The normalized spacial score (nSPS) is 12.5. The van der Waals surface area contributed by atoms with E-state index in [1.807, 2.05) is 36.4 Å². The number of azo groups is 1. The molecule has 0 atom stereocenters. The van der Waals surface area contributed by atoms with Crippen molar-refractivity contribution in [2.75, 3.05) is 11.9 Å². The molecule has 0 aliphatic carbocycles. The molecule has 0 fully saturated rings. The topological polar surface area (TPSA) is 91.1 Å². The molecule has 0 saturated heterocycles. The Hall–Kier alpha value is -3.77. The molecule has 0 radical (unpaired) electrons. The van der Waals surface area contributed by atoms with Gasteiger partial charge in [-0.15, -0.1) is 0 Å². The van der Waals surface area contributed by atoms with Gasteiger partial charge in [-0.3, -0.25) is 4.79 Å². The van der Waals surface area contributed by atoms with Gasteiger partial charge < -0.3 is 10.4 Å². The molecule has 0 spiro atoms. The minimum absolute atomic E-state index is 0.0787. The van der Waals surface area contributed by atoms with Crippen LogP contribution in [0.2, 0.25) is 5.02 Å². The highest BCUT2D eigenvalue weighted by Crippen LogP contribution is 2.33. The molecule has 0 unspecified atom stereocenters. The van der Waals surface area contributed by atoms with E-state index >= 15 is 0 Å². The maximum atomic E-state index is 12.8. The van der Waals surface area contributed by atoms with Crippen LogP contribution in [0.1, 0.15) is 26.3 Å². The van der Waals surface area contributed by atoms with Gasteiger partial charge in [0.15, 0.2) is 0 Å². The summed E-state index contributed by atoms with van der Waals surface area (Å²) in [6.07, 6.45) is 1.75. The first kappa shape index (κ1) is 19.5. The van der Waals surface area contributed by atoms with Crippen molar-refractivity contribution in [3.05, 3.63) is 94.5 Å². The number of anilines is 1. The van der Waals surface area contributed by atoms with Gasteiger partial charge in [0.05, 0.1) is 28.5 Å². The van der Waals surface area contributed by atoms with E-state index in [4.69, 9.17) is 11.6 Å². The van der Waals surface area contributed by atoms with Crippen molar-refractivity contribution >= 4 is 34.9 Å². The van der Waals surface area contributed by atoms with Gasteiger partial charge in [-0.2, -0.15) is 10.2 Å². The van der Waals surface area contributed by atoms with Crippen LogP contribution in [0.25, 0.3) is 16.8 Å². The molecule has 0 aromatic heterocycles. The smallest absolute Gasteiger partial charge is 0.337 e. The average Bonchev–Trinajstić information content (AvgIpc) is 3.29. The van der Waals surface area contributed by atoms with Gasteiger partial charge in [-0.1, -0.05) is 54.1 Å². The zero-order valence-electron chi connectivity index (χ0n) is 15.7. The number of nitrogens with zero attached hydrogens (tertiary/aromatic N) is 2. The first-order valence-electron chi connectivity index (χ1n) is 9.14. The molecular weight excluding hydrogens is 402 g/mol. The van der Waals surface area contributed by atoms with Crippen LogP contribution >= 0.6 is 11.6 Å². The van der Waals surface area contributed by atoms with Crippen molar-refractivity contribution in [2.45, 2.75) is 0 Å². The Morgan fingerprint density at radius 1 is 0.967 bits per heavy atom. The lowest BCUT2D eigenvalue weighted by atomic mass is 10.0. The minimum atomic E-state index is -1.18. The summed E-state index contributed by atoms with van der Waals surface area (Å²) in [5, 5.41) is 20.4. The number of halogens is 1. The Bertz CT molecular complexity index is 1200. The van der Waals surface area contributed by atoms with Crippen LogP contribution in [0, 0.1) is 0 Å². The van der Waals surface area contributed by atoms with Crippen molar-refractivity contribution < 1.29 is 14.7 Å². The standard InChI is InChI=1S/C23H16ClN3O3/c24-19-13-21(18(23(29)30)12-17(19)20-9-10-25-27-20)26-22(28)16-8-4-7-15(11-16)14-5-2-1-3-6-14/h1-9,11-13H,10H2,(H,26,28)(H,29,30). The number of hydrogen-bond acceptors (Lipinski definition) is 4. The summed E-state index contributed by atoms with van der Waals surface area (Å²) in [4.78, 5) is 24.6. The van der Waals surface area contributed by atoms with Crippen LogP contribution < -0.4 is 5.32 Å². The molecule has 6 nitrogen and oxygen atoms in total. The largest absolute Gasteiger partial charge is 0.478 e. The molecular formula is C23H16ClN3O3. The Labute approximate surface area is 177 Å². The minimum Gasteiger partial charge on any atom is -0.478 e. The number of carboxylic acids is 1. The summed E-state index contributed by atoms with van der Waals surface area (Å²) in [7, 11) is 0. The number of aromatic carboxylic acids is 1. The van der Waals surface area contributed by atoms with E-state index in [1.165, 1.54) is 12.1 Å². The highest BCUT2D eigenvalue weighted by molar-refractivity contribution is 6.33. The summed E-state index contributed by atoms with van der Waals surface area (Å²) in [6, 6.07) is 19.6. The summed E-state index contributed by atoms with van der Waals surface area (Å²) < 4.78 is 0. The average molecular weight is 418 g/mol. The molecule has 2 N–H and O–H groups in total. The van der Waals surface area contributed by atoms with Gasteiger partial charge >= 0.3 is 5.97 Å². The van der Waals surface area contributed by atoms with E-state index in [0.717, 1.165) is 11.1 Å². The van der Waals surface area contributed by atoms with Crippen LogP contribution in [-0.4, -0.2) is 23.5 Å². The fourth-order valence-electron chi connectivity index (χ4n) is 3.16. The quantitative estimate of drug-likeness (QED) is 0.552. The van der Waals surface area contributed by atoms with Crippen molar-refractivity contribution in [2.24, 2.45) is 10.2 Å². The van der Waals surface area contributed by atoms with Crippen LogP contribution in [0.15, 0.2) is 83.0 Å². The molecule has 1 aliphatic rings. The predicted molar refractivity (Wildman–Crippen MR) is 116 cm³/mol. The van der Waals surface area contributed by atoms with Crippen LogP contribution in [0.4, 0.5) is 5.69 Å². The second-order valence-electron chi connectivity index (χ2n) is 6.60. The van der Waals surface area contributed by atoms with Crippen LogP contribution in [0.3, 0.4) is 0 Å². The van der Waals surface area contributed by atoms with Crippen molar-refractivity contribution in [1.82, 2.24) is 0 Å². The van der Waals surface area contributed by atoms with E-state index in [2.05, 4.69) is 15.5 Å². The third-order valence-electron chi connectivity index (χ3n) is 4.64. The number of carboxylic acid groups (broad SMARTS) is 1. The van der Waals surface area contributed by atoms with Crippen molar-refractivity contribution in [3.63, 3.8) is 0 Å². The molecule has 30 heavy (non-hydrogen) atoms. The van der Waals surface area contributed by atoms with Gasteiger partial charge in [0.25, 0.3) is 5.91 Å². The Kier molecular flexibility index (Phi) is 5.41. The molecule has 148 valence electrons. The number of carbonyl (C=O) groups is 2. The van der Waals surface area contributed by atoms with Gasteiger partial charge in [-0.05, 0) is 41.5 Å². The zero-order chi connectivity index (χ0) is 21.1. The molecule has 0 saturated carbocycles. The van der Waals surface area contributed by atoms with Gasteiger partial charge in [-0.25, -0.2) is 4.79 Å². The summed E-state index contributed by atoms with van der Waals surface area (Å²) in [6.45, 7) is 0.421. The third-order valence-corrected chi connectivity index (χ3v) is 4.95. The lowest BCUT2D eigenvalue weighted by Gasteiger charge is -2.12. The van der Waals surface area contributed by atoms with E-state index in [1.54, 1.807) is 24.3 Å². The van der Waals surface area contributed by atoms with Crippen LogP contribution in [0.5, 0.6) is 0 Å². The number of nitrogens with one attached hydrogen (secondary N) is 1. The Morgan fingerprint density at radius 2 is 1.73 bits per heavy atom. The maximum Gasteiger partial charge on any atom is 0.337 e. The molecule has 0 bridgehead atoms. The molecule has 3 aromatic carbocycles. The third kappa shape index (κ3) is 3.99. The lowest BCUT2D eigenvalue weighted by molar-refractivity contribution is 0.0698. The van der Waals surface area contributed by atoms with E-state index in [-0.39, 0.29) is 16.3 Å². The fourth-order valence-corrected chi connectivity index (χ4v) is 3.42. The number of hydrogen-bond donors (Lipinski definition) is 2. The molecule has 1 heterocycles. The zero-order valence-corrected chi connectivity index (χ0v) is 16.4. The van der Waals surface area contributed by atoms with Crippen molar-refractivity contribution in [3.8, 4) is 11.1 Å². The second-order valence-corrected chi connectivity index (χ2v) is 7.00. The van der Waals surface area contributed by atoms with E-state index in [9.17, 15) is 14.7 Å². The monoisotopic (exact) mass is 417 g/mol. The van der Waals surface area contributed by atoms with Crippen molar-refractivity contribution in [1.29, 1.82) is 0 Å². The summed E-state index contributed by atoms with van der Waals surface area (Å²) >= 11 is 6.33. The van der Waals surface area contributed by atoms with E-state index in [0.29, 0.717) is 23.4 Å². The number of benzene rings is 3. The van der Waals surface area contributed by atoms with Crippen LogP contribution in [-0.2, 0) is 0 Å². The highest BCUT2D eigenvalue weighted by Gasteiger charge is 2.19.